The van der Waals surface area contributed by atoms with Crippen molar-refractivity contribution in [3.63, 3.8) is 0 Å². The fourth-order valence-corrected chi connectivity index (χ4v) is 5.86. The van der Waals surface area contributed by atoms with Gasteiger partial charge in [0.15, 0.2) is 44.3 Å². The number of nitrogens with one attached hydrogen (secondary N) is 2. The molecular formula is C20H25Br2N10O13P. The maximum Gasteiger partial charge on any atom is 0.280 e. The van der Waals surface area contributed by atoms with Crippen LogP contribution in [0.1, 0.15) is 12.5 Å². The number of hydrogen-bond donors (Lipinski definition) is 11. The lowest BCUT2D eigenvalue weighted by Gasteiger charge is -2.17. The summed E-state index contributed by atoms with van der Waals surface area (Å²) in [6.07, 6.45) is -11.1. The van der Waals surface area contributed by atoms with E-state index >= 15 is 0 Å². The zero-order valence-electron chi connectivity index (χ0n) is 22.7. The predicted molar refractivity (Wildman–Crippen MR) is 158 cm³/mol. The highest BCUT2D eigenvalue weighted by molar-refractivity contribution is 9.10. The van der Waals surface area contributed by atoms with E-state index in [1.165, 1.54) is 9.13 Å². The first-order chi connectivity index (χ1) is 21.8. The number of aromatic nitrogens is 8. The van der Waals surface area contributed by atoms with Crippen LogP contribution < -0.4 is 22.6 Å². The van der Waals surface area contributed by atoms with E-state index in [0.717, 1.165) is 0 Å². The zero-order valence-corrected chi connectivity index (χ0v) is 26.7. The highest BCUT2D eigenvalue weighted by atomic mass is 79.9. The molecule has 46 heavy (non-hydrogen) atoms. The summed E-state index contributed by atoms with van der Waals surface area (Å²) in [5.41, 5.74) is 9.93. The zero-order chi connectivity index (χ0) is 33.6. The molecular weight excluding hydrogens is 779 g/mol. The van der Waals surface area contributed by atoms with Gasteiger partial charge in [-0.2, -0.15) is 19.5 Å². The van der Waals surface area contributed by atoms with Crippen molar-refractivity contribution in [2.45, 2.75) is 49.3 Å². The van der Waals surface area contributed by atoms with E-state index in [0.29, 0.717) is 0 Å². The average Bonchev–Trinajstić information content (AvgIpc) is 3.69. The van der Waals surface area contributed by atoms with Gasteiger partial charge in [-0.15, -0.1) is 0 Å². The van der Waals surface area contributed by atoms with Gasteiger partial charge in [-0.25, -0.2) is 9.97 Å². The molecule has 6 heterocycles. The third kappa shape index (κ3) is 6.39. The van der Waals surface area contributed by atoms with Crippen LogP contribution in [0.4, 0.5) is 11.9 Å². The van der Waals surface area contributed by atoms with Crippen LogP contribution in [0.5, 0.6) is 0 Å². The maximum atomic E-state index is 11.9. The van der Waals surface area contributed by atoms with Gasteiger partial charge in [0.1, 0.15) is 36.9 Å². The summed E-state index contributed by atoms with van der Waals surface area (Å²) in [5, 5.41) is 57.9. The Bertz CT molecular complexity index is 1840. The SMILES string of the molecule is Nc1nc2c(nc(Br)n2[C@@H]2O[C@H](CO)[C@H](O)C2O)c(=O)[nH]1.Nc1nc2c(nc(Br)n2[C@@H]2O[C@H](OOP(O)CO)[C@H](O)C2O)c(=O)[nH]1. The Kier molecular flexibility index (Phi) is 10.4. The van der Waals surface area contributed by atoms with E-state index in [-0.39, 0.29) is 43.7 Å². The maximum absolute atomic E-state index is 11.9. The van der Waals surface area contributed by atoms with Gasteiger partial charge >= 0.3 is 0 Å². The highest BCUT2D eigenvalue weighted by Gasteiger charge is 2.47. The summed E-state index contributed by atoms with van der Waals surface area (Å²) in [7, 11) is -2.27. The number of hydrogen-bond acceptors (Lipinski definition) is 19. The van der Waals surface area contributed by atoms with Gasteiger partial charge in [0, 0.05) is 0 Å². The molecule has 2 aliphatic heterocycles. The Labute approximate surface area is 271 Å². The number of ether oxygens (including phenoxy) is 2. The van der Waals surface area contributed by atoms with Gasteiger partial charge in [-0.1, -0.05) is 0 Å². The molecule has 26 heteroatoms. The van der Waals surface area contributed by atoms with Gasteiger partial charge < -0.3 is 56.5 Å². The highest BCUT2D eigenvalue weighted by Crippen LogP contribution is 2.38. The summed E-state index contributed by atoms with van der Waals surface area (Å²) in [6, 6.07) is 0. The topological polar surface area (TPSA) is 358 Å². The van der Waals surface area contributed by atoms with Gasteiger partial charge in [-0.05, 0) is 31.9 Å². The molecule has 23 nitrogen and oxygen atoms in total. The van der Waals surface area contributed by atoms with Crippen LogP contribution in [-0.4, -0.2) is 124 Å². The Morgan fingerprint density at radius 2 is 1.28 bits per heavy atom. The number of anilines is 2. The summed E-state index contributed by atoms with van der Waals surface area (Å²) < 4.78 is 18.0. The number of H-pyrrole nitrogens is 2. The van der Waals surface area contributed by atoms with Crippen LogP contribution in [0.15, 0.2) is 19.1 Å². The first-order valence-electron chi connectivity index (χ1n) is 12.7. The number of aromatic amines is 2. The molecule has 2 aliphatic rings. The van der Waals surface area contributed by atoms with E-state index in [1.54, 1.807) is 0 Å². The molecule has 0 aliphatic carbocycles. The van der Waals surface area contributed by atoms with Crippen molar-refractivity contribution >= 4 is 74.5 Å². The van der Waals surface area contributed by atoms with Crippen LogP contribution in [0, 0.1) is 0 Å². The van der Waals surface area contributed by atoms with E-state index in [2.05, 4.69) is 66.4 Å². The quantitative estimate of drug-likeness (QED) is 0.0371. The molecule has 0 bridgehead atoms. The Hall–Kier alpha value is -2.75. The third-order valence-corrected chi connectivity index (χ3v) is 8.24. The average molecular weight is 804 g/mol. The number of aliphatic hydroxyl groups is 6. The van der Waals surface area contributed by atoms with Crippen molar-refractivity contribution in [1.82, 2.24) is 39.0 Å². The number of nitrogen functional groups attached to an aromatic ring is 2. The molecule has 4 aromatic rings. The summed E-state index contributed by atoms with van der Waals surface area (Å²) in [4.78, 5) is 58.0. The number of aliphatic hydroxyl groups excluding tert-OH is 6. The molecule has 0 amide bonds. The second-order valence-corrected chi connectivity index (χ2v) is 12.1. The minimum atomic E-state index is -2.27. The molecule has 0 saturated carbocycles. The van der Waals surface area contributed by atoms with Crippen molar-refractivity contribution in [3.8, 4) is 0 Å². The van der Waals surface area contributed by atoms with E-state index in [9.17, 15) is 30.0 Å². The second-order valence-electron chi connectivity index (χ2n) is 9.52. The molecule has 0 aromatic carbocycles. The molecule has 6 rings (SSSR count). The van der Waals surface area contributed by atoms with Gasteiger partial charge in [0.2, 0.25) is 26.6 Å². The Balaban J connectivity index is 0.000000184. The molecule has 13 N–H and O–H groups in total. The minimum absolute atomic E-state index is 0.00529. The lowest BCUT2D eigenvalue weighted by molar-refractivity contribution is -0.332. The largest absolute Gasteiger partial charge is 0.394 e. The number of rotatable bonds is 7. The second kappa shape index (κ2) is 13.8. The van der Waals surface area contributed by atoms with Crippen LogP contribution in [0.2, 0.25) is 0 Å². The van der Waals surface area contributed by atoms with Crippen molar-refractivity contribution in [3.05, 3.63) is 30.2 Å². The van der Waals surface area contributed by atoms with Gasteiger partial charge in [0.25, 0.3) is 11.1 Å². The predicted octanol–water partition coefficient (Wildman–Crippen LogP) is -3.68. The number of halogens is 2. The fraction of sp³-hybridized carbons (Fsp3) is 0.500. The smallest absolute Gasteiger partial charge is 0.280 e. The molecule has 0 radical (unpaired) electrons. The van der Waals surface area contributed by atoms with Gasteiger partial charge in [-0.3, -0.25) is 28.7 Å². The number of fused-ring (bicyclic) bond motifs is 2. The van der Waals surface area contributed by atoms with Crippen LogP contribution in [-0.2, 0) is 19.0 Å². The van der Waals surface area contributed by atoms with Crippen molar-refractivity contribution in [2.24, 2.45) is 0 Å². The van der Waals surface area contributed by atoms with Crippen molar-refractivity contribution in [2.75, 3.05) is 24.4 Å². The van der Waals surface area contributed by atoms with Crippen molar-refractivity contribution < 1.29 is 54.6 Å². The Morgan fingerprint density at radius 3 is 1.74 bits per heavy atom. The fourth-order valence-electron chi connectivity index (χ4n) is 4.53. The van der Waals surface area contributed by atoms with E-state index < -0.39 is 81.7 Å². The standard InChI is InChI=1S/C10H13BrN5O8P.C10H12BrN5O5/c11-9-13-2-5(14-10(12)15-6(2)20)16(9)7-3(18)4(19)8(22-7)23-24-25(21)1-17;11-9-13-3-6(14-10(12)15-7(3)20)16(9)8-5(19)4(18)2(1-17)21-8/h3-4,7-8,17-19,21H,1H2,(H3,12,14,15,20);2,4-5,8,17-19H,1H2,(H3,12,14,15,20)/t3?,4-,7-,8-,25?;2-,4+,5?,8-/m11/s1. The summed E-state index contributed by atoms with van der Waals surface area (Å²) in [5.74, 6) is -0.294. The molecule has 2 fully saturated rings. The van der Waals surface area contributed by atoms with Crippen LogP contribution >= 0.6 is 40.2 Å². The molecule has 0 spiro atoms. The lowest BCUT2D eigenvalue weighted by Crippen LogP contribution is -2.33. The molecule has 2 saturated heterocycles. The minimum Gasteiger partial charge on any atom is -0.394 e. The first kappa shape index (κ1) is 34.6. The lowest BCUT2D eigenvalue weighted by atomic mass is 10.1. The van der Waals surface area contributed by atoms with Crippen LogP contribution in [0.3, 0.4) is 0 Å². The number of nitrogens with zero attached hydrogens (tertiary/aromatic N) is 6. The van der Waals surface area contributed by atoms with Gasteiger partial charge in [0.05, 0.1) is 6.61 Å². The normalized spacial score (nSPS) is 28.5. The summed E-state index contributed by atoms with van der Waals surface area (Å²) >= 11 is 6.27. The number of nitrogens with two attached hydrogens (primary N) is 2. The molecule has 9 atom stereocenters. The van der Waals surface area contributed by atoms with Crippen molar-refractivity contribution in [1.29, 1.82) is 0 Å². The Morgan fingerprint density at radius 1 is 0.804 bits per heavy atom. The molecule has 252 valence electrons. The van der Waals surface area contributed by atoms with E-state index in [4.69, 9.17) is 40.9 Å². The third-order valence-electron chi connectivity index (χ3n) is 6.62. The van der Waals surface area contributed by atoms with Crippen LogP contribution in [0.25, 0.3) is 22.3 Å². The number of imidazole rings is 2. The van der Waals surface area contributed by atoms with E-state index in [1.807, 2.05) is 0 Å². The summed E-state index contributed by atoms with van der Waals surface area (Å²) in [6.45, 7) is -0.463. The monoisotopic (exact) mass is 802 g/mol. The molecule has 3 unspecified atom stereocenters. The molecule has 4 aromatic heterocycles. The first-order valence-corrected chi connectivity index (χ1v) is 15.7.